The highest BCUT2D eigenvalue weighted by molar-refractivity contribution is 5.78. The van der Waals surface area contributed by atoms with Crippen molar-refractivity contribution in [3.8, 4) is 17.1 Å². The number of nitrogens with zero attached hydrogens (tertiary/aromatic N) is 3. The highest BCUT2D eigenvalue weighted by Gasteiger charge is 2.32. The standard InChI is InChI=1S/C25H22F3N5O3/c1-2-33-24(21(27)28)32-23-19(25(33)35)30-22(31-23)13-6-8-17(9-7-13)36-20(15-11-18(34)29-12-15)14-4-3-5-16(26)10-14/h3-10,15,20-21H,2,11-12H2,1H3,(H,29,34)(H,30,31). The second-order valence-electron chi connectivity index (χ2n) is 8.49. The van der Waals surface area contributed by atoms with Crippen LogP contribution in [0.25, 0.3) is 22.6 Å². The minimum absolute atomic E-state index is 0.0427. The summed E-state index contributed by atoms with van der Waals surface area (Å²) in [5, 5.41) is 2.78. The largest absolute Gasteiger partial charge is 0.485 e. The molecule has 8 nitrogen and oxygen atoms in total. The van der Waals surface area contributed by atoms with Gasteiger partial charge in [-0.15, -0.1) is 0 Å². The number of aromatic amines is 1. The van der Waals surface area contributed by atoms with Gasteiger partial charge in [0, 0.05) is 31.0 Å². The number of ether oxygens (including phenoxy) is 1. The fourth-order valence-corrected chi connectivity index (χ4v) is 4.41. The molecule has 1 aliphatic rings. The van der Waals surface area contributed by atoms with Crippen molar-refractivity contribution in [1.29, 1.82) is 0 Å². The van der Waals surface area contributed by atoms with Gasteiger partial charge in [-0.3, -0.25) is 14.2 Å². The summed E-state index contributed by atoms with van der Waals surface area (Å²) in [6.07, 6.45) is -3.20. The molecule has 1 aliphatic heterocycles. The van der Waals surface area contributed by atoms with Crippen LogP contribution in [0.15, 0.2) is 53.3 Å². The number of hydrogen-bond donors (Lipinski definition) is 2. The Morgan fingerprint density at radius 1 is 1.14 bits per heavy atom. The van der Waals surface area contributed by atoms with Gasteiger partial charge in [0.1, 0.15) is 23.5 Å². The zero-order valence-corrected chi connectivity index (χ0v) is 19.2. The molecule has 0 bridgehead atoms. The number of alkyl halides is 2. The number of carbonyl (C=O) groups excluding carboxylic acids is 1. The fraction of sp³-hybridized carbons (Fsp3) is 0.280. The molecule has 186 valence electrons. The molecule has 36 heavy (non-hydrogen) atoms. The fourth-order valence-electron chi connectivity index (χ4n) is 4.41. The van der Waals surface area contributed by atoms with E-state index in [1.54, 1.807) is 43.3 Å². The number of benzene rings is 2. The summed E-state index contributed by atoms with van der Waals surface area (Å²) >= 11 is 0. The molecule has 11 heteroatoms. The van der Waals surface area contributed by atoms with Crippen molar-refractivity contribution in [3.05, 3.63) is 76.1 Å². The number of H-pyrrole nitrogens is 1. The van der Waals surface area contributed by atoms with Gasteiger partial charge in [0.15, 0.2) is 17.0 Å². The molecule has 0 aliphatic carbocycles. The number of fused-ring (bicyclic) bond motifs is 1. The normalized spacial score (nSPS) is 16.5. The highest BCUT2D eigenvalue weighted by atomic mass is 19.3. The molecule has 3 heterocycles. The Labute approximate surface area is 203 Å². The molecular formula is C25H22F3N5O3. The Hall–Kier alpha value is -4.15. The van der Waals surface area contributed by atoms with Crippen LogP contribution < -0.4 is 15.6 Å². The molecule has 1 amide bonds. The number of imidazole rings is 1. The monoisotopic (exact) mass is 497 g/mol. The maximum atomic E-state index is 13.9. The third-order valence-electron chi connectivity index (χ3n) is 6.16. The van der Waals surface area contributed by atoms with Crippen molar-refractivity contribution in [2.45, 2.75) is 32.4 Å². The summed E-state index contributed by atoms with van der Waals surface area (Å²) in [5.74, 6) is -0.511. The number of hydrogen-bond acceptors (Lipinski definition) is 5. The van der Waals surface area contributed by atoms with Gasteiger partial charge in [-0.05, 0) is 48.9 Å². The number of nitrogens with one attached hydrogen (secondary N) is 2. The van der Waals surface area contributed by atoms with Crippen LogP contribution in [0.2, 0.25) is 0 Å². The van der Waals surface area contributed by atoms with Crippen LogP contribution in [-0.4, -0.2) is 32.0 Å². The number of halogens is 3. The van der Waals surface area contributed by atoms with E-state index in [9.17, 15) is 22.8 Å². The van der Waals surface area contributed by atoms with Crippen molar-refractivity contribution < 1.29 is 22.7 Å². The molecule has 0 radical (unpaired) electrons. The van der Waals surface area contributed by atoms with Crippen LogP contribution in [0.5, 0.6) is 5.75 Å². The molecule has 2 aromatic heterocycles. The molecule has 1 saturated heterocycles. The summed E-state index contributed by atoms with van der Waals surface area (Å²) in [7, 11) is 0. The van der Waals surface area contributed by atoms with Crippen LogP contribution in [-0.2, 0) is 11.3 Å². The molecule has 1 fully saturated rings. The zero-order chi connectivity index (χ0) is 25.4. The van der Waals surface area contributed by atoms with Gasteiger partial charge in [-0.25, -0.2) is 23.1 Å². The Kier molecular flexibility index (Phi) is 6.21. The highest BCUT2D eigenvalue weighted by Crippen LogP contribution is 2.33. The van der Waals surface area contributed by atoms with E-state index in [2.05, 4.69) is 20.3 Å². The van der Waals surface area contributed by atoms with Gasteiger partial charge in [0.25, 0.3) is 12.0 Å². The minimum atomic E-state index is -2.91. The topological polar surface area (TPSA) is 102 Å². The SMILES string of the molecule is CCn1c(C(F)F)nc2nc(-c3ccc(OC(c4cccc(F)c4)C4CNC(=O)C4)cc3)[nH]c2c1=O. The van der Waals surface area contributed by atoms with E-state index in [1.165, 1.54) is 12.1 Å². The quantitative estimate of drug-likeness (QED) is 0.400. The lowest BCUT2D eigenvalue weighted by Gasteiger charge is -2.24. The van der Waals surface area contributed by atoms with E-state index in [4.69, 9.17) is 4.74 Å². The molecule has 5 rings (SSSR count). The zero-order valence-electron chi connectivity index (χ0n) is 19.2. The molecule has 0 spiro atoms. The first kappa shape index (κ1) is 23.6. The lowest BCUT2D eigenvalue weighted by molar-refractivity contribution is -0.119. The third-order valence-corrected chi connectivity index (χ3v) is 6.16. The first-order valence-corrected chi connectivity index (χ1v) is 11.4. The predicted octanol–water partition coefficient (Wildman–Crippen LogP) is 4.14. The number of rotatable bonds is 7. The van der Waals surface area contributed by atoms with Crippen molar-refractivity contribution in [2.75, 3.05) is 6.54 Å². The van der Waals surface area contributed by atoms with E-state index in [1.807, 2.05) is 0 Å². The van der Waals surface area contributed by atoms with Gasteiger partial charge in [0.05, 0.1) is 0 Å². The average molecular weight is 497 g/mol. The van der Waals surface area contributed by atoms with Gasteiger partial charge < -0.3 is 15.0 Å². The molecule has 2 atom stereocenters. The van der Waals surface area contributed by atoms with Crippen molar-refractivity contribution >= 4 is 17.1 Å². The van der Waals surface area contributed by atoms with E-state index in [0.717, 1.165) is 4.57 Å². The molecule has 2 unspecified atom stereocenters. The number of amides is 1. The Morgan fingerprint density at radius 2 is 1.92 bits per heavy atom. The molecule has 4 aromatic rings. The maximum absolute atomic E-state index is 13.9. The van der Waals surface area contributed by atoms with Gasteiger partial charge in [-0.2, -0.15) is 0 Å². The molecule has 2 aromatic carbocycles. The molecular weight excluding hydrogens is 475 g/mol. The van der Waals surface area contributed by atoms with E-state index >= 15 is 0 Å². The second kappa shape index (κ2) is 9.48. The Balaban J connectivity index is 1.44. The minimum Gasteiger partial charge on any atom is -0.485 e. The number of carbonyl (C=O) groups is 1. The lowest BCUT2D eigenvalue weighted by Crippen LogP contribution is -2.25. The number of aromatic nitrogens is 4. The van der Waals surface area contributed by atoms with Crippen molar-refractivity contribution in [1.82, 2.24) is 24.8 Å². The van der Waals surface area contributed by atoms with E-state index in [0.29, 0.717) is 29.2 Å². The van der Waals surface area contributed by atoms with Gasteiger partial charge in [0.2, 0.25) is 5.91 Å². The van der Waals surface area contributed by atoms with E-state index < -0.39 is 29.7 Å². The van der Waals surface area contributed by atoms with Crippen molar-refractivity contribution in [2.24, 2.45) is 5.92 Å². The van der Waals surface area contributed by atoms with Gasteiger partial charge in [-0.1, -0.05) is 12.1 Å². The summed E-state index contributed by atoms with van der Waals surface area (Å²) in [4.78, 5) is 35.4. The molecule has 0 saturated carbocycles. The maximum Gasteiger partial charge on any atom is 0.295 e. The predicted molar refractivity (Wildman–Crippen MR) is 125 cm³/mol. The summed E-state index contributed by atoms with van der Waals surface area (Å²) in [5.41, 5.74) is 0.544. The van der Waals surface area contributed by atoms with Crippen molar-refractivity contribution in [3.63, 3.8) is 0 Å². The smallest absolute Gasteiger partial charge is 0.295 e. The second-order valence-corrected chi connectivity index (χ2v) is 8.49. The molecule has 2 N–H and O–H groups in total. The Morgan fingerprint density at radius 3 is 2.56 bits per heavy atom. The van der Waals surface area contributed by atoms with Crippen LogP contribution in [0.4, 0.5) is 13.2 Å². The van der Waals surface area contributed by atoms with Gasteiger partial charge >= 0.3 is 0 Å². The van der Waals surface area contributed by atoms with Crippen LogP contribution in [0, 0.1) is 11.7 Å². The lowest BCUT2D eigenvalue weighted by atomic mass is 9.94. The Bertz CT molecular complexity index is 1480. The van der Waals surface area contributed by atoms with Crippen LogP contribution in [0.3, 0.4) is 0 Å². The average Bonchev–Trinajstić information content (AvgIpc) is 3.49. The van der Waals surface area contributed by atoms with Crippen LogP contribution >= 0.6 is 0 Å². The van der Waals surface area contributed by atoms with E-state index in [-0.39, 0.29) is 36.0 Å². The summed E-state index contributed by atoms with van der Waals surface area (Å²) in [6.45, 7) is 2.06. The summed E-state index contributed by atoms with van der Waals surface area (Å²) < 4.78 is 47.7. The first-order valence-electron chi connectivity index (χ1n) is 11.4. The summed E-state index contributed by atoms with van der Waals surface area (Å²) in [6, 6.07) is 12.8. The van der Waals surface area contributed by atoms with Crippen LogP contribution in [0.1, 0.15) is 37.3 Å². The third kappa shape index (κ3) is 4.43. The first-order chi connectivity index (χ1) is 17.3.